The number of ketones is 1. The van der Waals surface area contributed by atoms with Crippen LogP contribution in [0.25, 0.3) is 5.70 Å². The van der Waals surface area contributed by atoms with Gasteiger partial charge in [-0.05, 0) is 76.7 Å². The number of halogens is 2. The molecule has 0 amide bonds. The molecular weight excluding hydrogens is 608 g/mol. The molecule has 2 aromatic carbocycles. The van der Waals surface area contributed by atoms with Crippen molar-refractivity contribution < 1.29 is 19.1 Å². The molecule has 7 heteroatoms. The number of hydrogen-bond donors (Lipinski definition) is 1. The summed E-state index contributed by atoms with van der Waals surface area (Å²) in [5.41, 5.74) is 4.89. The Labute approximate surface area is 202 Å². The molecule has 0 saturated heterocycles. The molecule has 154 valence electrons. The largest absolute Gasteiger partial charge is 0.495 e. The molecule has 0 bridgehead atoms. The van der Waals surface area contributed by atoms with Gasteiger partial charge in [0.25, 0.3) is 0 Å². The van der Waals surface area contributed by atoms with E-state index in [2.05, 4.69) is 50.5 Å². The van der Waals surface area contributed by atoms with Gasteiger partial charge >= 0.3 is 5.97 Å². The molecule has 0 fully saturated rings. The Morgan fingerprint density at radius 2 is 1.77 bits per heavy atom. The summed E-state index contributed by atoms with van der Waals surface area (Å²) < 4.78 is 12.7. The predicted molar refractivity (Wildman–Crippen MR) is 131 cm³/mol. The van der Waals surface area contributed by atoms with Crippen molar-refractivity contribution in [3.8, 4) is 5.75 Å². The van der Waals surface area contributed by atoms with E-state index >= 15 is 0 Å². The number of rotatable bonds is 4. The van der Waals surface area contributed by atoms with Gasteiger partial charge in [0, 0.05) is 28.3 Å². The molecule has 1 aliphatic carbocycles. The second-order valence-corrected chi connectivity index (χ2v) is 9.32. The topological polar surface area (TPSA) is 64.6 Å². The Kier molecular flexibility index (Phi) is 5.93. The molecule has 0 saturated carbocycles. The molecule has 1 N–H and O–H groups in total. The number of methoxy groups -OCH3 is 1. The minimum atomic E-state index is -0.520. The van der Waals surface area contributed by atoms with Gasteiger partial charge in [0.05, 0.1) is 32.1 Å². The Morgan fingerprint density at radius 3 is 2.37 bits per heavy atom. The number of ether oxygens (including phenoxy) is 2. The van der Waals surface area contributed by atoms with Crippen LogP contribution in [0.2, 0.25) is 0 Å². The third kappa shape index (κ3) is 3.35. The second kappa shape index (κ2) is 8.33. The maximum Gasteiger partial charge on any atom is 0.336 e. The van der Waals surface area contributed by atoms with Crippen LogP contribution in [0.1, 0.15) is 41.3 Å². The molecule has 2 aromatic rings. The quantitative estimate of drug-likeness (QED) is 0.381. The van der Waals surface area contributed by atoms with E-state index in [-0.39, 0.29) is 12.4 Å². The molecule has 4 rings (SSSR count). The highest BCUT2D eigenvalue weighted by Crippen LogP contribution is 2.47. The first-order valence-corrected chi connectivity index (χ1v) is 11.6. The van der Waals surface area contributed by atoms with Crippen LogP contribution in [0.5, 0.6) is 5.75 Å². The number of dihydropyridines is 1. The van der Waals surface area contributed by atoms with Crippen LogP contribution in [0.15, 0.2) is 53.2 Å². The lowest BCUT2D eigenvalue weighted by Crippen LogP contribution is -2.29. The summed E-state index contributed by atoms with van der Waals surface area (Å²) in [4.78, 5) is 26.4. The highest BCUT2D eigenvalue weighted by atomic mass is 127. The van der Waals surface area contributed by atoms with Crippen molar-refractivity contribution in [3.63, 3.8) is 0 Å². The summed E-state index contributed by atoms with van der Waals surface area (Å²) in [7, 11) is 1.63. The summed E-state index contributed by atoms with van der Waals surface area (Å²) in [6.45, 7) is 3.90. The average molecular weight is 627 g/mol. The van der Waals surface area contributed by atoms with Gasteiger partial charge in [0.1, 0.15) is 5.75 Å². The molecule has 0 spiro atoms. The number of nitrogens with one attached hydrogen (secondary N) is 1. The normalized spacial score (nSPS) is 17.5. The van der Waals surface area contributed by atoms with Gasteiger partial charge in [0.2, 0.25) is 0 Å². The minimum Gasteiger partial charge on any atom is -0.495 e. The Balaban J connectivity index is 1.96. The summed E-state index contributed by atoms with van der Waals surface area (Å²) in [6.07, 6.45) is 0. The van der Waals surface area contributed by atoms with E-state index in [0.717, 1.165) is 29.7 Å². The number of esters is 1. The molecule has 5 nitrogen and oxygen atoms in total. The minimum absolute atomic E-state index is 0.0618. The van der Waals surface area contributed by atoms with Crippen LogP contribution in [-0.2, 0) is 9.53 Å². The van der Waals surface area contributed by atoms with Gasteiger partial charge in [0.15, 0.2) is 5.78 Å². The standard InChI is InChI=1S/C23H19I2NO4/c1-4-30-23(28)17-11(2)26-20-13-7-5-6-8-14(13)21(27)19(20)18(17)12-9-15(24)22(29-3)16(25)10-12/h5-10,18,26H,4H2,1-3H3/t18-/m1/s1. The van der Waals surface area contributed by atoms with Gasteiger partial charge in [-0.2, -0.15) is 0 Å². The predicted octanol–water partition coefficient (Wildman–Crippen LogP) is 5.04. The fourth-order valence-corrected chi connectivity index (χ4v) is 6.34. The van der Waals surface area contributed by atoms with E-state index in [4.69, 9.17) is 9.47 Å². The highest BCUT2D eigenvalue weighted by Gasteiger charge is 2.43. The maximum absolute atomic E-state index is 13.4. The zero-order valence-electron chi connectivity index (χ0n) is 16.6. The average Bonchev–Trinajstić information content (AvgIpc) is 2.99. The summed E-state index contributed by atoms with van der Waals surface area (Å²) in [5.74, 6) is -0.215. The monoisotopic (exact) mass is 627 g/mol. The van der Waals surface area contributed by atoms with Crippen molar-refractivity contribution in [2.45, 2.75) is 19.8 Å². The van der Waals surface area contributed by atoms with Crippen molar-refractivity contribution >= 4 is 62.6 Å². The van der Waals surface area contributed by atoms with Crippen molar-refractivity contribution in [1.82, 2.24) is 5.32 Å². The first-order valence-electron chi connectivity index (χ1n) is 9.45. The Hall–Kier alpha value is -1.88. The third-order valence-corrected chi connectivity index (χ3v) is 6.90. The third-order valence-electron chi connectivity index (χ3n) is 5.30. The summed E-state index contributed by atoms with van der Waals surface area (Å²) in [6, 6.07) is 11.5. The number of Topliss-reactive ketones (excluding diaryl/α,β-unsaturated/α-hetero) is 1. The molecule has 0 unspecified atom stereocenters. The summed E-state index contributed by atoms with van der Waals surface area (Å²) >= 11 is 4.44. The number of allylic oxidation sites excluding steroid dienone is 2. The molecule has 30 heavy (non-hydrogen) atoms. The Bertz CT molecular complexity index is 1130. The van der Waals surface area contributed by atoms with Crippen LogP contribution in [0.3, 0.4) is 0 Å². The molecule has 1 heterocycles. The van der Waals surface area contributed by atoms with E-state index in [1.807, 2.05) is 43.3 Å². The Morgan fingerprint density at radius 1 is 1.13 bits per heavy atom. The molecule has 1 atom stereocenters. The second-order valence-electron chi connectivity index (χ2n) is 7.00. The molecule has 1 aliphatic heterocycles. The van der Waals surface area contributed by atoms with Crippen LogP contribution in [0, 0.1) is 7.14 Å². The van der Waals surface area contributed by atoms with Gasteiger partial charge < -0.3 is 14.8 Å². The van der Waals surface area contributed by atoms with E-state index in [9.17, 15) is 9.59 Å². The van der Waals surface area contributed by atoms with Crippen molar-refractivity contribution in [1.29, 1.82) is 0 Å². The van der Waals surface area contributed by atoms with E-state index in [1.54, 1.807) is 14.0 Å². The lowest BCUT2D eigenvalue weighted by molar-refractivity contribution is -0.138. The van der Waals surface area contributed by atoms with Crippen molar-refractivity contribution in [2.75, 3.05) is 13.7 Å². The van der Waals surface area contributed by atoms with E-state index in [0.29, 0.717) is 22.4 Å². The van der Waals surface area contributed by atoms with Crippen LogP contribution >= 0.6 is 45.2 Å². The smallest absolute Gasteiger partial charge is 0.336 e. The lowest BCUT2D eigenvalue weighted by atomic mass is 9.80. The molecule has 0 aromatic heterocycles. The number of carbonyl (C=O) groups is 2. The first-order chi connectivity index (χ1) is 14.4. The maximum atomic E-state index is 13.4. The SMILES string of the molecule is CCOC(=O)C1=C(C)NC2=C(C(=O)c3ccccc32)[C@@H]1c1cc(I)c(OC)c(I)c1. The fraction of sp³-hybridized carbons (Fsp3) is 0.217. The highest BCUT2D eigenvalue weighted by molar-refractivity contribution is 14.1. The van der Waals surface area contributed by atoms with E-state index < -0.39 is 11.9 Å². The van der Waals surface area contributed by atoms with Crippen LogP contribution in [-0.4, -0.2) is 25.5 Å². The number of fused-ring (bicyclic) bond motifs is 2. The zero-order chi connectivity index (χ0) is 21.6. The van der Waals surface area contributed by atoms with Gasteiger partial charge in [-0.1, -0.05) is 24.3 Å². The molecule has 2 aliphatic rings. The number of hydrogen-bond acceptors (Lipinski definition) is 5. The number of carbonyl (C=O) groups excluding carboxylic acids is 2. The summed E-state index contributed by atoms with van der Waals surface area (Å²) in [5, 5.41) is 3.31. The van der Waals surface area contributed by atoms with Crippen molar-refractivity contribution in [3.05, 3.63) is 77.1 Å². The van der Waals surface area contributed by atoms with Gasteiger partial charge in [-0.25, -0.2) is 4.79 Å². The molecular formula is C23H19I2NO4. The van der Waals surface area contributed by atoms with Crippen molar-refractivity contribution in [2.24, 2.45) is 0 Å². The number of benzene rings is 2. The van der Waals surface area contributed by atoms with Crippen LogP contribution in [0.4, 0.5) is 0 Å². The van der Waals surface area contributed by atoms with Gasteiger partial charge in [-0.15, -0.1) is 0 Å². The van der Waals surface area contributed by atoms with Gasteiger partial charge in [-0.3, -0.25) is 4.79 Å². The fourth-order valence-electron chi connectivity index (χ4n) is 4.08. The lowest BCUT2D eigenvalue weighted by Gasteiger charge is -2.29. The van der Waals surface area contributed by atoms with Crippen LogP contribution < -0.4 is 10.1 Å². The zero-order valence-corrected chi connectivity index (χ0v) is 21.0. The molecule has 0 radical (unpaired) electrons. The van der Waals surface area contributed by atoms with E-state index in [1.165, 1.54) is 0 Å². The first kappa shape index (κ1) is 21.4.